The summed E-state index contributed by atoms with van der Waals surface area (Å²) in [5, 5.41) is 12.5. The van der Waals surface area contributed by atoms with Gasteiger partial charge in [-0.25, -0.2) is 0 Å². The SMILES string of the molecule is Nc1c(Cl)cccc1C(=O)NCC1CCCC1CO. The predicted octanol–water partition coefficient (Wildman–Crippen LogP) is 2.06. The molecular formula is C14H19ClN2O2. The molecule has 0 aromatic heterocycles. The van der Waals surface area contributed by atoms with Gasteiger partial charge in [-0.05, 0) is 36.8 Å². The maximum Gasteiger partial charge on any atom is 0.253 e. The van der Waals surface area contributed by atoms with E-state index in [2.05, 4.69) is 5.32 Å². The van der Waals surface area contributed by atoms with E-state index in [9.17, 15) is 9.90 Å². The van der Waals surface area contributed by atoms with Crippen molar-refractivity contribution in [3.8, 4) is 0 Å². The molecule has 104 valence electrons. The number of hydrogen-bond donors (Lipinski definition) is 3. The molecule has 0 heterocycles. The zero-order chi connectivity index (χ0) is 13.8. The molecule has 2 unspecified atom stereocenters. The molecule has 0 radical (unpaired) electrons. The van der Waals surface area contributed by atoms with Crippen LogP contribution in [0.4, 0.5) is 5.69 Å². The fourth-order valence-electron chi connectivity index (χ4n) is 2.68. The van der Waals surface area contributed by atoms with Gasteiger partial charge in [0.2, 0.25) is 0 Å². The van der Waals surface area contributed by atoms with Crippen LogP contribution in [-0.4, -0.2) is 24.2 Å². The standard InChI is InChI=1S/C14H19ClN2O2/c15-12-6-2-5-11(13(12)16)14(19)17-7-9-3-1-4-10(9)8-18/h2,5-6,9-10,18H,1,3-4,7-8,16H2,(H,17,19). The van der Waals surface area contributed by atoms with E-state index < -0.39 is 0 Å². The molecule has 1 fully saturated rings. The highest BCUT2D eigenvalue weighted by atomic mass is 35.5. The van der Waals surface area contributed by atoms with Crippen LogP contribution in [0.1, 0.15) is 29.6 Å². The van der Waals surface area contributed by atoms with Gasteiger partial charge in [0.05, 0.1) is 16.3 Å². The fourth-order valence-corrected chi connectivity index (χ4v) is 2.85. The Balaban J connectivity index is 1.96. The zero-order valence-corrected chi connectivity index (χ0v) is 11.5. The number of benzene rings is 1. The number of amides is 1. The van der Waals surface area contributed by atoms with Crippen LogP contribution in [0, 0.1) is 11.8 Å². The number of nitrogen functional groups attached to an aromatic ring is 1. The second-order valence-electron chi connectivity index (χ2n) is 5.04. The number of nitrogens with one attached hydrogen (secondary N) is 1. The minimum absolute atomic E-state index is 0.194. The zero-order valence-electron chi connectivity index (χ0n) is 10.7. The third kappa shape index (κ3) is 3.19. The van der Waals surface area contributed by atoms with Gasteiger partial charge in [0.25, 0.3) is 5.91 Å². The average molecular weight is 283 g/mol. The van der Waals surface area contributed by atoms with Gasteiger partial charge in [0.15, 0.2) is 0 Å². The Morgan fingerprint density at radius 3 is 2.89 bits per heavy atom. The molecule has 2 rings (SSSR count). The Kier molecular flexibility index (Phi) is 4.66. The number of hydrogen-bond acceptors (Lipinski definition) is 3. The monoisotopic (exact) mass is 282 g/mol. The van der Waals surface area contributed by atoms with Crippen molar-refractivity contribution in [1.29, 1.82) is 0 Å². The first-order chi connectivity index (χ1) is 9.13. The van der Waals surface area contributed by atoms with Crippen molar-refractivity contribution in [2.24, 2.45) is 11.8 Å². The first-order valence-corrected chi connectivity index (χ1v) is 6.94. The Hall–Kier alpha value is -1.26. The van der Waals surface area contributed by atoms with E-state index in [1.54, 1.807) is 18.2 Å². The number of rotatable bonds is 4. The maximum absolute atomic E-state index is 12.1. The number of anilines is 1. The Morgan fingerprint density at radius 1 is 1.42 bits per heavy atom. The number of aliphatic hydroxyl groups is 1. The second-order valence-corrected chi connectivity index (χ2v) is 5.45. The Morgan fingerprint density at radius 2 is 2.16 bits per heavy atom. The number of para-hydroxylation sites is 1. The maximum atomic E-state index is 12.1. The first-order valence-electron chi connectivity index (χ1n) is 6.56. The van der Waals surface area contributed by atoms with Gasteiger partial charge in [-0.15, -0.1) is 0 Å². The summed E-state index contributed by atoms with van der Waals surface area (Å²) in [6.07, 6.45) is 3.21. The molecule has 5 heteroatoms. The smallest absolute Gasteiger partial charge is 0.253 e. The van der Waals surface area contributed by atoms with Gasteiger partial charge >= 0.3 is 0 Å². The van der Waals surface area contributed by atoms with Crippen LogP contribution in [-0.2, 0) is 0 Å². The van der Waals surface area contributed by atoms with Crippen LogP contribution in [0.5, 0.6) is 0 Å². The highest BCUT2D eigenvalue weighted by molar-refractivity contribution is 6.33. The van der Waals surface area contributed by atoms with Crippen molar-refractivity contribution in [2.75, 3.05) is 18.9 Å². The molecule has 19 heavy (non-hydrogen) atoms. The van der Waals surface area contributed by atoms with Gasteiger partial charge < -0.3 is 16.2 Å². The minimum Gasteiger partial charge on any atom is -0.397 e. The summed E-state index contributed by atoms with van der Waals surface area (Å²) < 4.78 is 0. The van der Waals surface area contributed by atoms with Crippen molar-refractivity contribution in [3.05, 3.63) is 28.8 Å². The molecule has 0 aliphatic heterocycles. The lowest BCUT2D eigenvalue weighted by molar-refractivity contribution is 0.0938. The van der Waals surface area contributed by atoms with E-state index in [4.69, 9.17) is 17.3 Å². The van der Waals surface area contributed by atoms with Gasteiger partial charge in [0.1, 0.15) is 0 Å². The van der Waals surface area contributed by atoms with E-state index >= 15 is 0 Å². The van der Waals surface area contributed by atoms with E-state index in [-0.39, 0.29) is 12.5 Å². The summed E-state index contributed by atoms with van der Waals surface area (Å²) in [4.78, 5) is 12.1. The molecule has 0 saturated heterocycles. The molecule has 1 saturated carbocycles. The summed E-state index contributed by atoms with van der Waals surface area (Å²) >= 11 is 5.89. The summed E-state index contributed by atoms with van der Waals surface area (Å²) in [6.45, 7) is 0.774. The van der Waals surface area contributed by atoms with Crippen molar-refractivity contribution < 1.29 is 9.90 Å². The van der Waals surface area contributed by atoms with Gasteiger partial charge in [-0.2, -0.15) is 0 Å². The van der Waals surface area contributed by atoms with Gasteiger partial charge in [-0.3, -0.25) is 4.79 Å². The Labute approximate surface area is 117 Å². The summed E-state index contributed by atoms with van der Waals surface area (Å²) in [6, 6.07) is 5.03. The summed E-state index contributed by atoms with van der Waals surface area (Å²) in [7, 11) is 0. The lowest BCUT2D eigenvalue weighted by Gasteiger charge is -2.18. The van der Waals surface area contributed by atoms with E-state index in [0.717, 1.165) is 19.3 Å². The number of aliphatic hydroxyl groups excluding tert-OH is 1. The number of nitrogens with two attached hydrogens (primary N) is 1. The van der Waals surface area contributed by atoms with Gasteiger partial charge in [0, 0.05) is 13.2 Å². The minimum atomic E-state index is -0.205. The molecule has 0 spiro atoms. The molecular weight excluding hydrogens is 264 g/mol. The Bertz CT molecular complexity index is 465. The summed E-state index contributed by atoms with van der Waals surface area (Å²) in [5.74, 6) is 0.454. The first kappa shape index (κ1) is 14.2. The summed E-state index contributed by atoms with van der Waals surface area (Å²) in [5.41, 5.74) is 6.51. The molecule has 1 aliphatic rings. The highest BCUT2D eigenvalue weighted by Gasteiger charge is 2.27. The van der Waals surface area contributed by atoms with Gasteiger partial charge in [-0.1, -0.05) is 24.1 Å². The fraction of sp³-hybridized carbons (Fsp3) is 0.500. The van der Waals surface area contributed by atoms with Crippen molar-refractivity contribution in [1.82, 2.24) is 5.32 Å². The molecule has 1 amide bonds. The number of carbonyl (C=O) groups is 1. The highest BCUT2D eigenvalue weighted by Crippen LogP contribution is 2.30. The predicted molar refractivity (Wildman–Crippen MR) is 76.1 cm³/mol. The van der Waals surface area contributed by atoms with Crippen LogP contribution in [0.25, 0.3) is 0 Å². The third-order valence-electron chi connectivity index (χ3n) is 3.87. The molecule has 1 aromatic rings. The van der Waals surface area contributed by atoms with Crippen molar-refractivity contribution in [3.63, 3.8) is 0 Å². The van der Waals surface area contributed by atoms with Crippen LogP contribution in [0.2, 0.25) is 5.02 Å². The van der Waals surface area contributed by atoms with Crippen LogP contribution < -0.4 is 11.1 Å². The second kappa shape index (κ2) is 6.26. The largest absolute Gasteiger partial charge is 0.397 e. The number of halogens is 1. The van der Waals surface area contributed by atoms with E-state index in [0.29, 0.717) is 34.7 Å². The number of carbonyl (C=O) groups excluding carboxylic acids is 1. The molecule has 1 aromatic carbocycles. The molecule has 2 atom stereocenters. The third-order valence-corrected chi connectivity index (χ3v) is 4.20. The molecule has 4 nitrogen and oxygen atoms in total. The van der Waals surface area contributed by atoms with Crippen LogP contribution in [0.3, 0.4) is 0 Å². The molecule has 1 aliphatic carbocycles. The van der Waals surface area contributed by atoms with Crippen LogP contribution >= 0.6 is 11.6 Å². The van der Waals surface area contributed by atoms with E-state index in [1.165, 1.54) is 0 Å². The van der Waals surface area contributed by atoms with Crippen molar-refractivity contribution >= 4 is 23.2 Å². The normalized spacial score (nSPS) is 22.4. The van der Waals surface area contributed by atoms with E-state index in [1.807, 2.05) is 0 Å². The van der Waals surface area contributed by atoms with Crippen LogP contribution in [0.15, 0.2) is 18.2 Å². The molecule has 4 N–H and O–H groups in total. The van der Waals surface area contributed by atoms with Crippen molar-refractivity contribution in [2.45, 2.75) is 19.3 Å². The topological polar surface area (TPSA) is 75.4 Å². The quantitative estimate of drug-likeness (QED) is 0.740. The lowest BCUT2D eigenvalue weighted by Crippen LogP contribution is -2.32. The average Bonchev–Trinajstić information content (AvgIpc) is 2.86. The lowest BCUT2D eigenvalue weighted by atomic mass is 9.97. The molecule has 0 bridgehead atoms.